The highest BCUT2D eigenvalue weighted by molar-refractivity contribution is 7.71. The molecule has 3 aromatic rings. The van der Waals surface area contributed by atoms with E-state index in [2.05, 4.69) is 17.0 Å². The van der Waals surface area contributed by atoms with E-state index in [0.29, 0.717) is 17.9 Å². The van der Waals surface area contributed by atoms with Crippen molar-refractivity contribution in [1.82, 2.24) is 19.7 Å². The van der Waals surface area contributed by atoms with E-state index in [9.17, 15) is 4.79 Å². The van der Waals surface area contributed by atoms with E-state index in [1.165, 1.54) is 0 Å². The van der Waals surface area contributed by atoms with Gasteiger partial charge in [0.1, 0.15) is 6.54 Å². The first-order chi connectivity index (χ1) is 12.7. The molecule has 0 saturated carbocycles. The molecule has 0 aliphatic heterocycles. The lowest BCUT2D eigenvalue weighted by atomic mass is 10.2. The second-order valence-electron chi connectivity index (χ2n) is 5.79. The number of amides is 1. The molecule has 2 aromatic carbocycles. The van der Waals surface area contributed by atoms with Crippen molar-refractivity contribution in [3.63, 3.8) is 0 Å². The van der Waals surface area contributed by atoms with Crippen LogP contribution in [-0.4, -0.2) is 20.3 Å². The number of nitrogens with one attached hydrogen (secondary N) is 1. The zero-order valence-corrected chi connectivity index (χ0v) is 15.2. The first kappa shape index (κ1) is 17.8. The number of aromatic nitrogens is 3. The van der Waals surface area contributed by atoms with Crippen LogP contribution in [-0.2, 0) is 24.4 Å². The molecule has 1 amide bonds. The number of hydrogen-bond donors (Lipinski definition) is 1. The van der Waals surface area contributed by atoms with Crippen molar-refractivity contribution in [3.05, 3.63) is 83.7 Å². The van der Waals surface area contributed by atoms with Crippen molar-refractivity contribution in [2.24, 2.45) is 0 Å². The Morgan fingerprint density at radius 1 is 1.12 bits per heavy atom. The molecule has 1 N–H and O–H groups in total. The van der Waals surface area contributed by atoms with Gasteiger partial charge in [-0.2, -0.15) is 5.10 Å². The summed E-state index contributed by atoms with van der Waals surface area (Å²) < 4.78 is 3.93. The number of carbonyl (C=O) groups excluding carboxylic acids is 1. The molecule has 0 bridgehead atoms. The standard InChI is InChI=1S/C20H20N4OS/c1-2-13-23-19(17-11-7-4-8-12-17)22-24(20(23)26)15-18(25)21-14-16-9-5-3-6-10-16/h2-12H,1,13-15H2,(H,21,25). The van der Waals surface area contributed by atoms with Crippen molar-refractivity contribution in [2.75, 3.05) is 0 Å². The van der Waals surface area contributed by atoms with Crippen molar-refractivity contribution in [1.29, 1.82) is 0 Å². The molecule has 0 aliphatic carbocycles. The van der Waals surface area contributed by atoms with E-state index in [1.54, 1.807) is 10.8 Å². The van der Waals surface area contributed by atoms with Crippen LogP contribution in [0, 0.1) is 4.77 Å². The molecule has 1 aromatic heterocycles. The molecule has 0 fully saturated rings. The maximum Gasteiger partial charge on any atom is 0.242 e. The lowest BCUT2D eigenvalue weighted by molar-refractivity contribution is -0.122. The van der Waals surface area contributed by atoms with Crippen LogP contribution in [0.5, 0.6) is 0 Å². The Morgan fingerprint density at radius 3 is 2.42 bits per heavy atom. The third-order valence-electron chi connectivity index (χ3n) is 3.89. The van der Waals surface area contributed by atoms with Gasteiger partial charge in [0.2, 0.25) is 5.91 Å². The first-order valence-electron chi connectivity index (χ1n) is 8.33. The third kappa shape index (κ3) is 4.15. The summed E-state index contributed by atoms with van der Waals surface area (Å²) in [6.07, 6.45) is 1.77. The van der Waals surface area contributed by atoms with Gasteiger partial charge in [0.05, 0.1) is 0 Å². The van der Waals surface area contributed by atoms with Gasteiger partial charge in [-0.25, -0.2) is 4.68 Å². The minimum absolute atomic E-state index is 0.0790. The van der Waals surface area contributed by atoms with Gasteiger partial charge >= 0.3 is 0 Å². The summed E-state index contributed by atoms with van der Waals surface area (Å²) in [7, 11) is 0. The van der Waals surface area contributed by atoms with Gasteiger partial charge in [-0.05, 0) is 17.8 Å². The van der Waals surface area contributed by atoms with Gasteiger partial charge < -0.3 is 5.32 Å². The van der Waals surface area contributed by atoms with Gasteiger partial charge in [-0.15, -0.1) is 6.58 Å². The van der Waals surface area contributed by atoms with Gasteiger partial charge in [-0.1, -0.05) is 66.7 Å². The van der Waals surface area contributed by atoms with Crippen LogP contribution < -0.4 is 5.32 Å². The third-order valence-corrected chi connectivity index (χ3v) is 4.32. The van der Waals surface area contributed by atoms with Crippen molar-refractivity contribution in [2.45, 2.75) is 19.6 Å². The highest BCUT2D eigenvalue weighted by Crippen LogP contribution is 2.18. The Kier molecular flexibility index (Phi) is 5.76. The monoisotopic (exact) mass is 364 g/mol. The number of rotatable bonds is 7. The van der Waals surface area contributed by atoms with Gasteiger partial charge in [0, 0.05) is 18.7 Å². The maximum atomic E-state index is 12.3. The average molecular weight is 364 g/mol. The predicted octanol–water partition coefficient (Wildman–Crippen LogP) is 3.58. The van der Waals surface area contributed by atoms with Crippen LogP contribution in [0.3, 0.4) is 0 Å². The molecule has 6 heteroatoms. The summed E-state index contributed by atoms with van der Waals surface area (Å²) in [6, 6.07) is 19.6. The SMILES string of the molecule is C=CCn1c(-c2ccccc2)nn(CC(=O)NCc2ccccc2)c1=S. The zero-order valence-electron chi connectivity index (χ0n) is 14.3. The van der Waals surface area contributed by atoms with E-state index in [4.69, 9.17) is 12.2 Å². The molecule has 0 saturated heterocycles. The fraction of sp³-hybridized carbons (Fsp3) is 0.150. The molecule has 3 rings (SSSR count). The smallest absolute Gasteiger partial charge is 0.242 e. The fourth-order valence-electron chi connectivity index (χ4n) is 2.63. The Morgan fingerprint density at radius 2 is 1.77 bits per heavy atom. The maximum absolute atomic E-state index is 12.3. The van der Waals surface area contributed by atoms with Crippen LogP contribution in [0.1, 0.15) is 5.56 Å². The quantitative estimate of drug-likeness (QED) is 0.515. The van der Waals surface area contributed by atoms with Gasteiger partial charge in [0.25, 0.3) is 0 Å². The topological polar surface area (TPSA) is 51.9 Å². The van der Waals surface area contributed by atoms with Crippen molar-refractivity contribution >= 4 is 18.1 Å². The lowest BCUT2D eigenvalue weighted by Gasteiger charge is -2.05. The van der Waals surface area contributed by atoms with Crippen molar-refractivity contribution in [3.8, 4) is 11.4 Å². The van der Waals surface area contributed by atoms with Crippen LogP contribution in [0.4, 0.5) is 0 Å². The molecule has 0 atom stereocenters. The normalized spacial score (nSPS) is 10.5. The minimum Gasteiger partial charge on any atom is -0.350 e. The fourth-order valence-corrected chi connectivity index (χ4v) is 2.89. The molecule has 26 heavy (non-hydrogen) atoms. The molecule has 1 heterocycles. The van der Waals surface area contributed by atoms with E-state index in [0.717, 1.165) is 17.0 Å². The second kappa shape index (κ2) is 8.40. The molecule has 0 spiro atoms. The summed E-state index contributed by atoms with van der Waals surface area (Å²) in [5.74, 6) is 0.596. The van der Waals surface area contributed by atoms with Crippen LogP contribution >= 0.6 is 12.2 Å². The van der Waals surface area contributed by atoms with Gasteiger partial charge in [0.15, 0.2) is 10.6 Å². The summed E-state index contributed by atoms with van der Waals surface area (Å²) in [6.45, 7) is 4.88. The summed E-state index contributed by atoms with van der Waals surface area (Å²) in [5, 5.41) is 7.46. The van der Waals surface area contributed by atoms with Crippen LogP contribution in [0.2, 0.25) is 0 Å². The van der Waals surface area contributed by atoms with Gasteiger partial charge in [-0.3, -0.25) is 9.36 Å². The molecule has 0 aliphatic rings. The van der Waals surface area contributed by atoms with E-state index in [-0.39, 0.29) is 12.5 Å². The summed E-state index contributed by atoms with van der Waals surface area (Å²) in [5.41, 5.74) is 2.00. The number of nitrogens with zero attached hydrogens (tertiary/aromatic N) is 3. The Hall–Kier alpha value is -2.99. The molecule has 0 unspecified atom stereocenters. The number of benzene rings is 2. The number of hydrogen-bond acceptors (Lipinski definition) is 3. The highest BCUT2D eigenvalue weighted by Gasteiger charge is 2.14. The Labute approximate surface area is 157 Å². The van der Waals surface area contributed by atoms with E-state index < -0.39 is 0 Å². The van der Waals surface area contributed by atoms with Crippen molar-refractivity contribution < 1.29 is 4.79 Å². The zero-order chi connectivity index (χ0) is 18.4. The number of allylic oxidation sites excluding steroid dienone is 1. The average Bonchev–Trinajstić information content (AvgIpc) is 2.98. The Bertz CT molecular complexity index is 945. The van der Waals surface area contributed by atoms with E-state index >= 15 is 0 Å². The molecule has 5 nitrogen and oxygen atoms in total. The molecule has 0 radical (unpaired) electrons. The minimum atomic E-state index is -0.132. The second-order valence-corrected chi connectivity index (χ2v) is 6.16. The summed E-state index contributed by atoms with van der Waals surface area (Å²) in [4.78, 5) is 12.3. The summed E-state index contributed by atoms with van der Waals surface area (Å²) >= 11 is 5.51. The van der Waals surface area contributed by atoms with Crippen LogP contribution in [0.15, 0.2) is 73.3 Å². The largest absolute Gasteiger partial charge is 0.350 e. The molecular weight excluding hydrogens is 344 g/mol. The predicted molar refractivity (Wildman–Crippen MR) is 105 cm³/mol. The molecular formula is C20H20N4OS. The first-order valence-corrected chi connectivity index (χ1v) is 8.74. The van der Waals surface area contributed by atoms with Crippen LogP contribution in [0.25, 0.3) is 11.4 Å². The number of carbonyl (C=O) groups is 1. The Balaban J connectivity index is 1.78. The lowest BCUT2D eigenvalue weighted by Crippen LogP contribution is -2.27. The van der Waals surface area contributed by atoms with E-state index in [1.807, 2.05) is 65.2 Å². The highest BCUT2D eigenvalue weighted by atomic mass is 32.1. The molecule has 132 valence electrons.